The number of hydrogen-bond acceptors (Lipinski definition) is 3. The number of rotatable bonds is 2. The molecular formula is C16H17BrN2O. The topological polar surface area (TPSA) is 52.0 Å². The molecule has 1 aromatic carbocycles. The van der Waals surface area contributed by atoms with Gasteiger partial charge in [0, 0.05) is 16.0 Å². The predicted molar refractivity (Wildman–Crippen MR) is 82.2 cm³/mol. The van der Waals surface area contributed by atoms with Crippen LogP contribution < -0.4 is 5.73 Å². The van der Waals surface area contributed by atoms with E-state index in [0.29, 0.717) is 11.8 Å². The van der Waals surface area contributed by atoms with Crippen molar-refractivity contribution in [2.45, 2.75) is 31.6 Å². The first kappa shape index (κ1) is 12.5. The van der Waals surface area contributed by atoms with E-state index in [1.165, 1.54) is 25.7 Å². The minimum Gasteiger partial charge on any atom is -0.367 e. The van der Waals surface area contributed by atoms with Gasteiger partial charge in [0.2, 0.25) is 5.88 Å². The Bertz CT molecular complexity index is 652. The second-order valence-electron chi connectivity index (χ2n) is 6.07. The summed E-state index contributed by atoms with van der Waals surface area (Å²) in [7, 11) is 0. The Morgan fingerprint density at radius 1 is 1.20 bits per heavy atom. The highest BCUT2D eigenvalue weighted by molar-refractivity contribution is 9.10. The van der Waals surface area contributed by atoms with Crippen LogP contribution >= 0.6 is 15.9 Å². The van der Waals surface area contributed by atoms with Crippen LogP contribution in [0.1, 0.15) is 37.3 Å². The Labute approximate surface area is 126 Å². The molecule has 2 aromatic rings. The first-order valence-corrected chi connectivity index (χ1v) is 8.03. The molecule has 2 saturated carbocycles. The standard InChI is InChI=1S/C16H17BrN2O/c17-13-4-2-1-3-11(13)14-15(19-20-16(14)18)12-8-9-5-6-10(12)7-9/h1-4,9-10,12H,5-8,18H2. The number of nitrogen functional groups attached to an aromatic ring is 1. The summed E-state index contributed by atoms with van der Waals surface area (Å²) >= 11 is 3.61. The first-order valence-electron chi connectivity index (χ1n) is 7.24. The molecule has 104 valence electrons. The van der Waals surface area contributed by atoms with Gasteiger partial charge in [-0.05, 0) is 37.2 Å². The molecule has 2 aliphatic rings. The number of halogens is 1. The molecule has 0 aliphatic heterocycles. The molecule has 1 heterocycles. The number of anilines is 1. The van der Waals surface area contributed by atoms with E-state index in [4.69, 9.17) is 10.3 Å². The molecule has 1 aromatic heterocycles. The largest absolute Gasteiger partial charge is 0.367 e. The summed E-state index contributed by atoms with van der Waals surface area (Å²) < 4.78 is 6.37. The Balaban J connectivity index is 1.81. The van der Waals surface area contributed by atoms with Crippen LogP contribution in [0.5, 0.6) is 0 Å². The Hall–Kier alpha value is -1.29. The monoisotopic (exact) mass is 332 g/mol. The molecule has 3 nitrogen and oxygen atoms in total. The van der Waals surface area contributed by atoms with Gasteiger partial charge in [-0.3, -0.25) is 0 Å². The average Bonchev–Trinajstić information content (AvgIpc) is 3.14. The van der Waals surface area contributed by atoms with E-state index < -0.39 is 0 Å². The van der Waals surface area contributed by atoms with Crippen molar-refractivity contribution in [1.82, 2.24) is 5.16 Å². The van der Waals surface area contributed by atoms with E-state index in [2.05, 4.69) is 27.2 Å². The van der Waals surface area contributed by atoms with E-state index in [1.54, 1.807) is 0 Å². The smallest absolute Gasteiger partial charge is 0.230 e. The third-order valence-electron chi connectivity index (χ3n) is 4.98. The lowest BCUT2D eigenvalue weighted by atomic mass is 9.84. The fourth-order valence-corrected chi connectivity index (χ4v) is 4.57. The number of fused-ring (bicyclic) bond motifs is 2. The van der Waals surface area contributed by atoms with E-state index in [1.807, 2.05) is 18.2 Å². The van der Waals surface area contributed by atoms with E-state index in [9.17, 15) is 0 Å². The van der Waals surface area contributed by atoms with Crippen molar-refractivity contribution in [3.63, 3.8) is 0 Å². The van der Waals surface area contributed by atoms with Gasteiger partial charge in [-0.25, -0.2) is 0 Å². The molecule has 0 amide bonds. The summed E-state index contributed by atoms with van der Waals surface area (Å²) in [4.78, 5) is 0. The van der Waals surface area contributed by atoms with Crippen molar-refractivity contribution in [3.8, 4) is 11.1 Å². The van der Waals surface area contributed by atoms with Crippen molar-refractivity contribution >= 4 is 21.8 Å². The summed E-state index contributed by atoms with van der Waals surface area (Å²) in [5, 5.41) is 4.31. The highest BCUT2D eigenvalue weighted by atomic mass is 79.9. The Morgan fingerprint density at radius 3 is 2.75 bits per heavy atom. The maximum absolute atomic E-state index is 6.06. The van der Waals surface area contributed by atoms with Crippen molar-refractivity contribution in [2.75, 3.05) is 5.73 Å². The van der Waals surface area contributed by atoms with Crippen LogP contribution in [0.2, 0.25) is 0 Å². The second-order valence-corrected chi connectivity index (χ2v) is 6.92. The molecule has 0 radical (unpaired) electrons. The van der Waals surface area contributed by atoms with Gasteiger partial charge in [-0.15, -0.1) is 0 Å². The normalized spacial score (nSPS) is 28.1. The summed E-state index contributed by atoms with van der Waals surface area (Å²) in [6.45, 7) is 0. The van der Waals surface area contributed by atoms with Gasteiger partial charge < -0.3 is 10.3 Å². The predicted octanol–water partition coefficient (Wildman–Crippen LogP) is 4.59. The molecule has 0 saturated heterocycles. The van der Waals surface area contributed by atoms with Gasteiger partial charge in [-0.1, -0.05) is 45.7 Å². The fraction of sp³-hybridized carbons (Fsp3) is 0.438. The number of benzene rings is 1. The number of hydrogen-bond donors (Lipinski definition) is 1. The lowest BCUT2D eigenvalue weighted by Gasteiger charge is -2.20. The van der Waals surface area contributed by atoms with Gasteiger partial charge in [-0.2, -0.15) is 0 Å². The van der Waals surface area contributed by atoms with Gasteiger partial charge in [0.15, 0.2) is 0 Å². The van der Waals surface area contributed by atoms with Crippen molar-refractivity contribution in [2.24, 2.45) is 11.8 Å². The van der Waals surface area contributed by atoms with Crippen LogP contribution in [0.25, 0.3) is 11.1 Å². The summed E-state index contributed by atoms with van der Waals surface area (Å²) in [6.07, 6.45) is 5.32. The van der Waals surface area contributed by atoms with Crippen LogP contribution in [0.3, 0.4) is 0 Å². The molecule has 2 aliphatic carbocycles. The highest BCUT2D eigenvalue weighted by Crippen LogP contribution is 2.54. The van der Waals surface area contributed by atoms with Crippen molar-refractivity contribution in [3.05, 3.63) is 34.4 Å². The molecule has 4 rings (SSSR count). The van der Waals surface area contributed by atoms with Crippen LogP contribution in [0, 0.1) is 11.8 Å². The summed E-state index contributed by atoms with van der Waals surface area (Å²) in [6, 6.07) is 8.14. The minimum absolute atomic E-state index is 0.440. The molecule has 3 atom stereocenters. The van der Waals surface area contributed by atoms with Gasteiger partial charge in [0.05, 0.1) is 11.3 Å². The van der Waals surface area contributed by atoms with E-state index in [-0.39, 0.29) is 0 Å². The van der Waals surface area contributed by atoms with Crippen LogP contribution in [0.4, 0.5) is 5.88 Å². The zero-order chi connectivity index (χ0) is 13.7. The molecule has 2 bridgehead atoms. The highest BCUT2D eigenvalue weighted by Gasteiger charge is 2.43. The van der Waals surface area contributed by atoms with Crippen molar-refractivity contribution in [1.29, 1.82) is 0 Å². The zero-order valence-corrected chi connectivity index (χ0v) is 12.8. The third-order valence-corrected chi connectivity index (χ3v) is 5.67. The fourth-order valence-electron chi connectivity index (χ4n) is 4.08. The second kappa shape index (κ2) is 4.62. The molecule has 2 N–H and O–H groups in total. The Kier molecular flexibility index (Phi) is 2.88. The molecule has 0 spiro atoms. The third kappa shape index (κ3) is 1.81. The number of nitrogens with zero attached hydrogens (tertiary/aromatic N) is 1. The molecule has 20 heavy (non-hydrogen) atoms. The minimum atomic E-state index is 0.440. The van der Waals surface area contributed by atoms with Crippen LogP contribution in [-0.2, 0) is 0 Å². The van der Waals surface area contributed by atoms with Gasteiger partial charge >= 0.3 is 0 Å². The maximum Gasteiger partial charge on any atom is 0.230 e. The van der Waals surface area contributed by atoms with E-state index in [0.717, 1.165) is 33.1 Å². The molecule has 2 fully saturated rings. The average molecular weight is 333 g/mol. The van der Waals surface area contributed by atoms with E-state index >= 15 is 0 Å². The number of aromatic nitrogens is 1. The number of nitrogens with two attached hydrogens (primary N) is 1. The van der Waals surface area contributed by atoms with Gasteiger partial charge in [0.25, 0.3) is 0 Å². The van der Waals surface area contributed by atoms with Crippen LogP contribution in [-0.4, -0.2) is 5.16 Å². The zero-order valence-electron chi connectivity index (χ0n) is 11.2. The maximum atomic E-state index is 6.06. The Morgan fingerprint density at radius 2 is 2.05 bits per heavy atom. The molecule has 4 heteroatoms. The first-order chi connectivity index (χ1) is 9.74. The lowest BCUT2D eigenvalue weighted by molar-refractivity contribution is 0.375. The van der Waals surface area contributed by atoms with Crippen LogP contribution in [0.15, 0.2) is 33.3 Å². The molecular weight excluding hydrogens is 316 g/mol. The summed E-state index contributed by atoms with van der Waals surface area (Å²) in [5.74, 6) is 2.62. The van der Waals surface area contributed by atoms with Crippen molar-refractivity contribution < 1.29 is 4.52 Å². The molecule has 3 unspecified atom stereocenters. The van der Waals surface area contributed by atoms with Gasteiger partial charge in [0.1, 0.15) is 0 Å². The quantitative estimate of drug-likeness (QED) is 0.874. The summed E-state index contributed by atoms with van der Waals surface area (Å²) in [5.41, 5.74) is 9.21. The lowest BCUT2D eigenvalue weighted by Crippen LogP contribution is -2.10. The SMILES string of the molecule is Nc1onc(C2CC3CCC2C3)c1-c1ccccc1Br.